The molecule has 4 rings (SSSR count). The molecule has 2 amide bonds. The second kappa shape index (κ2) is 6.49. The van der Waals surface area contributed by atoms with E-state index in [-0.39, 0.29) is 11.4 Å². The number of nitrogens with zero attached hydrogens (tertiary/aromatic N) is 4. The summed E-state index contributed by atoms with van der Waals surface area (Å²) in [6.07, 6.45) is 0. The number of benzene rings is 3. The molecule has 3 aromatic rings. The Morgan fingerprint density at radius 2 is 1.32 bits per heavy atom. The van der Waals surface area contributed by atoms with Crippen molar-refractivity contribution in [3.63, 3.8) is 0 Å². The van der Waals surface area contributed by atoms with E-state index in [1.165, 1.54) is 0 Å². The third-order valence-corrected chi connectivity index (χ3v) is 3.48. The Morgan fingerprint density at radius 3 is 1.92 bits per heavy atom. The summed E-state index contributed by atoms with van der Waals surface area (Å²) < 4.78 is 40.1. The molecule has 0 spiro atoms. The van der Waals surface area contributed by atoms with Crippen LogP contribution in [-0.2, 0) is 0 Å². The third kappa shape index (κ3) is 2.95. The lowest BCUT2D eigenvalue weighted by Crippen LogP contribution is -2.52. The van der Waals surface area contributed by atoms with E-state index in [1.807, 2.05) is 0 Å². The number of anilines is 2. The maximum atomic E-state index is 13.1. The third-order valence-electron chi connectivity index (χ3n) is 3.48. The minimum absolute atomic E-state index is 0.167. The van der Waals surface area contributed by atoms with Gasteiger partial charge in [-0.25, -0.2) is 4.79 Å². The van der Waals surface area contributed by atoms with Crippen LogP contribution in [0, 0.1) is 0 Å². The zero-order valence-corrected chi connectivity index (χ0v) is 13.0. The second-order valence-corrected chi connectivity index (χ2v) is 5.10. The van der Waals surface area contributed by atoms with Crippen LogP contribution >= 0.6 is 0 Å². The molecule has 121 valence electrons. The molecule has 0 atom stereocenters. The minimum atomic E-state index is -0.566. The van der Waals surface area contributed by atoms with Crippen molar-refractivity contribution >= 4 is 23.2 Å². The highest BCUT2D eigenvalue weighted by Gasteiger charge is 2.32. The minimum Gasteiger partial charge on any atom is -0.244 e. The summed E-state index contributed by atoms with van der Waals surface area (Å²) in [6.45, 7) is 0. The monoisotopic (exact) mass is 332 g/mol. The molecule has 0 aromatic heterocycles. The number of hydrazone groups is 1. The van der Waals surface area contributed by atoms with Crippen molar-refractivity contribution < 1.29 is 11.6 Å². The lowest BCUT2D eigenvalue weighted by Gasteiger charge is -2.31. The summed E-state index contributed by atoms with van der Waals surface area (Å²) in [7, 11) is 0. The molecule has 0 bridgehead atoms. The molecule has 1 aliphatic rings. The van der Waals surface area contributed by atoms with Crippen molar-refractivity contribution in [1.82, 2.24) is 5.43 Å². The molecule has 0 N–H and O–H groups in total. The maximum absolute atomic E-state index is 13.1. The summed E-state index contributed by atoms with van der Waals surface area (Å²) in [5.41, 5.74) is 4.95. The van der Waals surface area contributed by atoms with Crippen LogP contribution in [-0.4, -0.2) is 11.9 Å². The number of hydrogen-bond donors (Lipinski definition) is 0. The van der Waals surface area contributed by atoms with Gasteiger partial charge in [0.1, 0.15) is 0 Å². The number of rotatable bonds is 3. The van der Waals surface area contributed by atoms with Gasteiger partial charge in [-0.1, -0.05) is 66.6 Å². The highest BCUT2D eigenvalue weighted by atomic mass is 16.2. The highest BCUT2D eigenvalue weighted by molar-refractivity contribution is 6.12. The van der Waals surface area contributed by atoms with Gasteiger partial charge >= 0.3 is 6.03 Å². The van der Waals surface area contributed by atoms with Gasteiger partial charge in [0.05, 0.1) is 18.2 Å². The standard InChI is InChI=1S/C20H15N4O/c25-20-23(17-12-6-2-7-13-17)21-19(16-10-4-1-5-11-16)22-24(20)18-14-8-3-9-15-18/h1-15H/i1D,4D,5D,10D,11D. The van der Waals surface area contributed by atoms with Crippen LogP contribution in [0.5, 0.6) is 0 Å². The van der Waals surface area contributed by atoms with Crippen molar-refractivity contribution in [1.29, 1.82) is 0 Å². The first kappa shape index (κ1) is 10.3. The van der Waals surface area contributed by atoms with Gasteiger partial charge in [-0.3, -0.25) is 0 Å². The van der Waals surface area contributed by atoms with Gasteiger partial charge in [-0.15, -0.1) is 10.5 Å². The van der Waals surface area contributed by atoms with Crippen LogP contribution in [0.15, 0.2) is 96.0 Å². The predicted octanol–water partition coefficient (Wildman–Crippen LogP) is 4.01. The summed E-state index contributed by atoms with van der Waals surface area (Å²) >= 11 is 0. The molecule has 5 nitrogen and oxygen atoms in total. The number of urea groups is 1. The first-order valence-corrected chi connectivity index (χ1v) is 7.52. The van der Waals surface area contributed by atoms with Gasteiger partial charge in [0.2, 0.25) is 0 Å². The molecule has 0 saturated heterocycles. The Balaban J connectivity index is 1.92. The van der Waals surface area contributed by atoms with E-state index in [2.05, 4.69) is 10.5 Å². The molecule has 25 heavy (non-hydrogen) atoms. The number of amides is 2. The summed E-state index contributed by atoms with van der Waals surface area (Å²) in [4.78, 5) is 13.1. The lowest BCUT2D eigenvalue weighted by molar-refractivity contribution is 0.249. The summed E-state index contributed by atoms with van der Waals surface area (Å²) in [6, 6.07) is 14.3. The lowest BCUT2D eigenvalue weighted by atomic mass is 10.2. The second-order valence-electron chi connectivity index (χ2n) is 5.10. The number of amidine groups is 1. The van der Waals surface area contributed by atoms with Crippen molar-refractivity contribution in [2.75, 3.05) is 10.0 Å². The Labute approximate surface area is 152 Å². The first-order valence-electron chi connectivity index (χ1n) is 10.0. The number of para-hydroxylation sites is 2. The Kier molecular flexibility index (Phi) is 2.67. The molecule has 1 radical (unpaired) electrons. The molecule has 3 aromatic carbocycles. The van der Waals surface area contributed by atoms with Crippen molar-refractivity contribution in [2.24, 2.45) is 5.10 Å². The average Bonchev–Trinajstić information content (AvgIpc) is 2.78. The van der Waals surface area contributed by atoms with E-state index in [0.29, 0.717) is 11.4 Å². The molecule has 0 aliphatic carbocycles. The van der Waals surface area contributed by atoms with Crippen LogP contribution in [0.25, 0.3) is 0 Å². The Hall–Kier alpha value is -3.60. The van der Waals surface area contributed by atoms with E-state index in [1.54, 1.807) is 60.7 Å². The smallest absolute Gasteiger partial charge is 0.244 e. The highest BCUT2D eigenvalue weighted by Crippen LogP contribution is 2.24. The first-order chi connectivity index (χ1) is 14.4. The van der Waals surface area contributed by atoms with Gasteiger partial charge in [-0.05, 0) is 24.3 Å². The fraction of sp³-hybridized carbons (Fsp3) is 0. The zero-order chi connectivity index (χ0) is 21.4. The maximum Gasteiger partial charge on any atom is 0.370 e. The molecule has 5 heteroatoms. The predicted molar refractivity (Wildman–Crippen MR) is 98.4 cm³/mol. The molecule has 1 aliphatic heterocycles. The number of hydrogen-bond acceptors (Lipinski definition) is 2. The fourth-order valence-corrected chi connectivity index (χ4v) is 2.32. The van der Waals surface area contributed by atoms with E-state index in [9.17, 15) is 4.79 Å². The number of carbonyl (C=O) groups excluding carboxylic acids is 1. The zero-order valence-electron chi connectivity index (χ0n) is 18.0. The summed E-state index contributed by atoms with van der Waals surface area (Å²) in [5.74, 6) is -0.167. The van der Waals surface area contributed by atoms with Gasteiger partial charge < -0.3 is 0 Å². The van der Waals surface area contributed by atoms with Gasteiger partial charge in [0, 0.05) is 5.56 Å². The normalized spacial score (nSPS) is 16.9. The van der Waals surface area contributed by atoms with Crippen molar-refractivity contribution in [2.45, 2.75) is 0 Å². The van der Waals surface area contributed by atoms with Crippen LogP contribution in [0.1, 0.15) is 12.4 Å². The van der Waals surface area contributed by atoms with E-state index < -0.39 is 36.2 Å². The van der Waals surface area contributed by atoms with Crippen molar-refractivity contribution in [3.8, 4) is 0 Å². The van der Waals surface area contributed by atoms with Gasteiger partial charge in [-0.2, -0.15) is 10.0 Å². The molecule has 0 unspecified atom stereocenters. The quantitative estimate of drug-likeness (QED) is 0.715. The van der Waals surface area contributed by atoms with Crippen LogP contribution < -0.4 is 15.4 Å². The van der Waals surface area contributed by atoms with Crippen LogP contribution in [0.4, 0.5) is 16.2 Å². The Bertz CT molecular complexity index is 1130. The van der Waals surface area contributed by atoms with Crippen LogP contribution in [0.3, 0.4) is 0 Å². The molecule has 0 saturated carbocycles. The average molecular weight is 332 g/mol. The summed E-state index contributed by atoms with van der Waals surface area (Å²) in [5, 5.41) is 6.42. The molecular formula is C20H15N4O. The number of carbonyl (C=O) groups is 1. The fourth-order valence-electron chi connectivity index (χ4n) is 2.32. The molecule has 0 fully saturated rings. The molecular weight excluding hydrogens is 312 g/mol. The van der Waals surface area contributed by atoms with Gasteiger partial charge in [0.15, 0.2) is 5.84 Å². The molecule has 1 heterocycles. The Morgan fingerprint density at radius 1 is 0.760 bits per heavy atom. The van der Waals surface area contributed by atoms with Crippen LogP contribution in [0.2, 0.25) is 0 Å². The van der Waals surface area contributed by atoms with E-state index in [0.717, 1.165) is 10.0 Å². The SMILES string of the molecule is [2H]c1c([2H])c([2H])c(C2=NN(c3ccccc3)C(=O)N(c3ccccc3)[N]2)c([2H])c1[2H]. The van der Waals surface area contributed by atoms with Crippen molar-refractivity contribution in [3.05, 3.63) is 96.4 Å². The topological polar surface area (TPSA) is 50.0 Å². The van der Waals surface area contributed by atoms with E-state index >= 15 is 0 Å². The van der Waals surface area contributed by atoms with E-state index in [4.69, 9.17) is 6.85 Å². The largest absolute Gasteiger partial charge is 0.370 e. The van der Waals surface area contributed by atoms with Gasteiger partial charge in [0.25, 0.3) is 0 Å².